The summed E-state index contributed by atoms with van der Waals surface area (Å²) in [5.74, 6) is 0.716. The highest BCUT2D eigenvalue weighted by atomic mass is 127. The standard InChI is InChI=1S/C13H13ClN4OS.HI/c1-20-13(15)18-11-12(17-7-6-16-11)19-8-9-2-4-10(14)5-3-9;/h2-7H,8H2,1H3,(H2,15,16,18);1H. The Kier molecular flexibility index (Phi) is 7.76. The molecule has 112 valence electrons. The monoisotopic (exact) mass is 436 g/mol. The van der Waals surface area contributed by atoms with Crippen molar-refractivity contribution < 1.29 is 4.74 Å². The third-order valence-corrected chi connectivity index (χ3v) is 3.12. The van der Waals surface area contributed by atoms with Crippen LogP contribution in [0.2, 0.25) is 5.02 Å². The number of halogens is 2. The lowest BCUT2D eigenvalue weighted by Crippen LogP contribution is -2.05. The maximum Gasteiger partial charge on any atom is 0.260 e. The molecular weight excluding hydrogens is 423 g/mol. The third-order valence-electron chi connectivity index (χ3n) is 2.36. The summed E-state index contributed by atoms with van der Waals surface area (Å²) in [6, 6.07) is 7.39. The number of amidine groups is 1. The fraction of sp³-hybridized carbons (Fsp3) is 0.154. The van der Waals surface area contributed by atoms with Crippen LogP contribution in [0.3, 0.4) is 0 Å². The molecule has 2 rings (SSSR count). The van der Waals surface area contributed by atoms with Gasteiger partial charge in [-0.3, -0.25) is 0 Å². The second-order valence-electron chi connectivity index (χ2n) is 3.75. The first-order chi connectivity index (χ1) is 9.69. The van der Waals surface area contributed by atoms with Crippen molar-refractivity contribution in [1.29, 1.82) is 0 Å². The van der Waals surface area contributed by atoms with Crippen LogP contribution in [0, 0.1) is 0 Å². The van der Waals surface area contributed by atoms with Gasteiger partial charge in [0.2, 0.25) is 5.82 Å². The molecular formula is C13H14ClIN4OS. The number of hydrogen-bond donors (Lipinski definition) is 1. The maximum atomic E-state index is 5.83. The molecule has 1 heterocycles. The van der Waals surface area contributed by atoms with Crippen LogP contribution >= 0.6 is 47.3 Å². The van der Waals surface area contributed by atoms with Crippen LogP contribution in [0.5, 0.6) is 5.88 Å². The van der Waals surface area contributed by atoms with Gasteiger partial charge in [-0.25, -0.2) is 15.0 Å². The van der Waals surface area contributed by atoms with Crippen LogP contribution in [-0.4, -0.2) is 21.4 Å². The van der Waals surface area contributed by atoms with Crippen molar-refractivity contribution in [2.45, 2.75) is 6.61 Å². The first-order valence-electron chi connectivity index (χ1n) is 5.75. The number of aliphatic imine (C=N–C) groups is 1. The summed E-state index contributed by atoms with van der Waals surface area (Å²) in [6.07, 6.45) is 4.93. The molecule has 1 aromatic carbocycles. The van der Waals surface area contributed by atoms with Crippen molar-refractivity contribution in [3.8, 4) is 5.88 Å². The second-order valence-corrected chi connectivity index (χ2v) is 5.02. The predicted molar refractivity (Wildman–Crippen MR) is 98.0 cm³/mol. The molecule has 2 N–H and O–H groups in total. The molecule has 0 saturated heterocycles. The minimum Gasteiger partial charge on any atom is -0.470 e. The van der Waals surface area contributed by atoms with Gasteiger partial charge >= 0.3 is 0 Å². The molecule has 0 unspecified atom stereocenters. The van der Waals surface area contributed by atoms with Gasteiger partial charge in [0.25, 0.3) is 5.88 Å². The number of rotatable bonds is 4. The van der Waals surface area contributed by atoms with Crippen molar-refractivity contribution in [2.75, 3.05) is 6.26 Å². The van der Waals surface area contributed by atoms with Gasteiger partial charge < -0.3 is 10.5 Å². The van der Waals surface area contributed by atoms with Crippen LogP contribution in [0.4, 0.5) is 5.82 Å². The number of aromatic nitrogens is 2. The van der Waals surface area contributed by atoms with E-state index < -0.39 is 0 Å². The summed E-state index contributed by atoms with van der Waals surface area (Å²) >= 11 is 7.16. The lowest BCUT2D eigenvalue weighted by atomic mass is 10.2. The van der Waals surface area contributed by atoms with Crippen molar-refractivity contribution in [3.63, 3.8) is 0 Å². The molecule has 21 heavy (non-hydrogen) atoms. The smallest absolute Gasteiger partial charge is 0.260 e. The third kappa shape index (κ3) is 5.68. The second kappa shape index (κ2) is 9.06. The van der Waals surface area contributed by atoms with E-state index in [1.54, 1.807) is 12.4 Å². The predicted octanol–water partition coefficient (Wildman–Crippen LogP) is 3.64. The van der Waals surface area contributed by atoms with E-state index >= 15 is 0 Å². The van der Waals surface area contributed by atoms with Gasteiger partial charge in [0.05, 0.1) is 0 Å². The van der Waals surface area contributed by atoms with E-state index in [2.05, 4.69) is 15.0 Å². The normalized spacial score (nSPS) is 10.9. The summed E-state index contributed by atoms with van der Waals surface area (Å²) in [4.78, 5) is 12.4. The van der Waals surface area contributed by atoms with Crippen molar-refractivity contribution in [3.05, 3.63) is 47.2 Å². The molecule has 0 aliphatic carbocycles. The first kappa shape index (κ1) is 18.0. The molecule has 2 aromatic rings. The topological polar surface area (TPSA) is 73.4 Å². The number of benzene rings is 1. The van der Waals surface area contributed by atoms with Gasteiger partial charge in [-0.1, -0.05) is 35.5 Å². The molecule has 0 bridgehead atoms. The van der Waals surface area contributed by atoms with Crippen LogP contribution in [0.1, 0.15) is 5.56 Å². The molecule has 5 nitrogen and oxygen atoms in total. The Balaban J connectivity index is 0.00000220. The minimum atomic E-state index is 0. The number of nitrogens with zero attached hydrogens (tertiary/aromatic N) is 3. The SMILES string of the molecule is CSC(N)=Nc1nccnc1OCc1ccc(Cl)cc1.I. The number of hydrogen-bond acceptors (Lipinski definition) is 5. The van der Waals surface area contributed by atoms with Crippen LogP contribution in [-0.2, 0) is 6.61 Å². The van der Waals surface area contributed by atoms with E-state index in [1.807, 2.05) is 30.5 Å². The van der Waals surface area contributed by atoms with E-state index in [1.165, 1.54) is 11.8 Å². The van der Waals surface area contributed by atoms with E-state index in [9.17, 15) is 0 Å². The lowest BCUT2D eigenvalue weighted by Gasteiger charge is -2.07. The molecule has 0 fully saturated rings. The summed E-state index contributed by atoms with van der Waals surface area (Å²) in [5.41, 5.74) is 6.65. The van der Waals surface area contributed by atoms with Gasteiger partial charge in [-0.15, -0.1) is 24.0 Å². The highest BCUT2D eigenvalue weighted by molar-refractivity contribution is 14.0. The molecule has 0 amide bonds. The molecule has 0 aliphatic heterocycles. The average Bonchev–Trinajstić information content (AvgIpc) is 2.48. The van der Waals surface area contributed by atoms with Crippen molar-refractivity contribution in [2.24, 2.45) is 10.7 Å². The largest absolute Gasteiger partial charge is 0.470 e. The van der Waals surface area contributed by atoms with E-state index in [-0.39, 0.29) is 24.0 Å². The molecule has 0 spiro atoms. The van der Waals surface area contributed by atoms with Crippen LogP contribution in [0.15, 0.2) is 41.7 Å². The van der Waals surface area contributed by atoms with Crippen molar-refractivity contribution in [1.82, 2.24) is 9.97 Å². The maximum absolute atomic E-state index is 5.83. The number of nitrogens with two attached hydrogens (primary N) is 1. The zero-order valence-corrected chi connectivity index (χ0v) is 15.1. The van der Waals surface area contributed by atoms with Gasteiger partial charge in [0.15, 0.2) is 5.17 Å². The fourth-order valence-corrected chi connectivity index (χ4v) is 1.68. The number of thioether (sulfide) groups is 1. The quantitative estimate of drug-likeness (QED) is 0.450. The Morgan fingerprint density at radius 1 is 1.29 bits per heavy atom. The van der Waals surface area contributed by atoms with E-state index in [0.29, 0.717) is 28.5 Å². The Hall–Kier alpha value is -1.06. The lowest BCUT2D eigenvalue weighted by molar-refractivity contribution is 0.294. The zero-order chi connectivity index (χ0) is 14.4. The van der Waals surface area contributed by atoms with E-state index in [0.717, 1.165) is 5.56 Å². The average molecular weight is 437 g/mol. The summed E-state index contributed by atoms with van der Waals surface area (Å²) in [6.45, 7) is 0.359. The van der Waals surface area contributed by atoms with E-state index in [4.69, 9.17) is 22.1 Å². The van der Waals surface area contributed by atoms with Crippen LogP contribution in [0.25, 0.3) is 0 Å². The van der Waals surface area contributed by atoms with Gasteiger partial charge in [-0.05, 0) is 24.0 Å². The zero-order valence-electron chi connectivity index (χ0n) is 11.2. The Labute approximate surface area is 149 Å². The molecule has 0 atom stereocenters. The molecule has 1 aromatic heterocycles. The molecule has 8 heteroatoms. The van der Waals surface area contributed by atoms with Gasteiger partial charge in [0.1, 0.15) is 6.61 Å². The van der Waals surface area contributed by atoms with Gasteiger partial charge in [-0.2, -0.15) is 0 Å². The van der Waals surface area contributed by atoms with Gasteiger partial charge in [0, 0.05) is 17.4 Å². The Bertz CT molecular complexity index is 609. The Morgan fingerprint density at radius 3 is 2.62 bits per heavy atom. The highest BCUT2D eigenvalue weighted by Crippen LogP contribution is 2.23. The van der Waals surface area contributed by atoms with Crippen LogP contribution < -0.4 is 10.5 Å². The highest BCUT2D eigenvalue weighted by Gasteiger charge is 2.06. The van der Waals surface area contributed by atoms with Crippen molar-refractivity contribution >= 4 is 58.3 Å². The Morgan fingerprint density at radius 2 is 1.95 bits per heavy atom. The molecule has 0 saturated carbocycles. The summed E-state index contributed by atoms with van der Waals surface area (Å²) in [7, 11) is 0. The molecule has 0 aliphatic rings. The molecule has 0 radical (unpaired) electrons. The number of ether oxygens (including phenoxy) is 1. The minimum absolute atomic E-state index is 0. The summed E-state index contributed by atoms with van der Waals surface area (Å²) < 4.78 is 5.62. The summed E-state index contributed by atoms with van der Waals surface area (Å²) in [5, 5.41) is 1.09. The fourth-order valence-electron chi connectivity index (χ4n) is 1.38. The first-order valence-corrected chi connectivity index (χ1v) is 7.35.